The molecule has 0 aliphatic carbocycles. The molecule has 1 aromatic rings. The maximum Gasteiger partial charge on any atom is 0.213 e. The first-order valence-electron chi connectivity index (χ1n) is 9.08. The third kappa shape index (κ3) is 11.6. The lowest BCUT2D eigenvalue weighted by Crippen LogP contribution is -2.38. The van der Waals surface area contributed by atoms with Gasteiger partial charge in [-0.25, -0.2) is 13.1 Å². The zero-order valence-electron chi connectivity index (χ0n) is 15.2. The van der Waals surface area contributed by atoms with Gasteiger partial charge < -0.3 is 11.1 Å². The van der Waals surface area contributed by atoms with Crippen LogP contribution in [0, 0.1) is 0 Å². The number of sulfonamides is 1. The molecule has 0 unspecified atom stereocenters. The Morgan fingerprint density at radius 1 is 1.08 bits per heavy atom. The van der Waals surface area contributed by atoms with E-state index in [1.165, 1.54) is 25.7 Å². The first-order chi connectivity index (χ1) is 12.0. The van der Waals surface area contributed by atoms with Crippen molar-refractivity contribution in [2.24, 2.45) is 10.7 Å². The van der Waals surface area contributed by atoms with Gasteiger partial charge in [-0.3, -0.25) is 4.99 Å². The summed E-state index contributed by atoms with van der Waals surface area (Å²) in [4.78, 5) is 4.22. The lowest BCUT2D eigenvalue weighted by atomic mass is 10.1. The van der Waals surface area contributed by atoms with Crippen molar-refractivity contribution in [2.75, 3.05) is 18.8 Å². The van der Waals surface area contributed by atoms with Crippen molar-refractivity contribution in [3.8, 4) is 0 Å². The fourth-order valence-electron chi connectivity index (χ4n) is 2.32. The molecule has 1 aromatic carbocycles. The van der Waals surface area contributed by atoms with E-state index in [0.717, 1.165) is 18.4 Å². The van der Waals surface area contributed by atoms with Crippen molar-refractivity contribution in [3.63, 3.8) is 0 Å². The van der Waals surface area contributed by atoms with Crippen LogP contribution in [0.15, 0.2) is 35.3 Å². The van der Waals surface area contributed by atoms with Gasteiger partial charge in [0, 0.05) is 19.6 Å². The van der Waals surface area contributed by atoms with Crippen LogP contribution in [0.3, 0.4) is 0 Å². The van der Waals surface area contributed by atoms with Gasteiger partial charge in [-0.05, 0) is 12.0 Å². The van der Waals surface area contributed by atoms with E-state index in [4.69, 9.17) is 5.73 Å². The van der Waals surface area contributed by atoms with Crippen LogP contribution in [0.2, 0.25) is 0 Å². The number of nitrogens with one attached hydrogen (secondary N) is 2. The Kier molecular flexibility index (Phi) is 10.9. The number of hydrogen-bond acceptors (Lipinski definition) is 3. The molecule has 0 bridgehead atoms. The van der Waals surface area contributed by atoms with Gasteiger partial charge in [0.2, 0.25) is 10.0 Å². The minimum Gasteiger partial charge on any atom is -0.370 e. The van der Waals surface area contributed by atoms with E-state index in [2.05, 4.69) is 22.0 Å². The van der Waals surface area contributed by atoms with Gasteiger partial charge >= 0.3 is 0 Å². The van der Waals surface area contributed by atoms with Crippen LogP contribution >= 0.6 is 0 Å². The molecular formula is C18H32N4O2S. The molecule has 142 valence electrons. The summed E-state index contributed by atoms with van der Waals surface area (Å²) >= 11 is 0. The summed E-state index contributed by atoms with van der Waals surface area (Å²) in [5.74, 6) is 0.277. The van der Waals surface area contributed by atoms with Gasteiger partial charge in [-0.2, -0.15) is 0 Å². The molecule has 1 rings (SSSR count). The topological polar surface area (TPSA) is 96.6 Å². The van der Waals surface area contributed by atoms with Gasteiger partial charge in [-0.15, -0.1) is 0 Å². The Balaban J connectivity index is 2.14. The van der Waals surface area contributed by atoms with E-state index in [1.54, 1.807) is 0 Å². The highest BCUT2D eigenvalue weighted by atomic mass is 32.2. The molecule has 25 heavy (non-hydrogen) atoms. The number of rotatable bonds is 13. The van der Waals surface area contributed by atoms with Crippen LogP contribution in [0.5, 0.6) is 0 Å². The van der Waals surface area contributed by atoms with Gasteiger partial charge in [-0.1, -0.05) is 69.4 Å². The van der Waals surface area contributed by atoms with E-state index < -0.39 is 10.0 Å². The molecule has 0 amide bonds. The molecule has 0 fully saturated rings. The zero-order valence-corrected chi connectivity index (χ0v) is 16.0. The highest BCUT2D eigenvalue weighted by molar-refractivity contribution is 7.89. The number of guanidine groups is 1. The molecule has 4 N–H and O–H groups in total. The Morgan fingerprint density at radius 3 is 2.48 bits per heavy atom. The summed E-state index contributed by atoms with van der Waals surface area (Å²) in [5, 5.41) is 2.86. The second-order valence-electron chi connectivity index (χ2n) is 6.09. The fraction of sp³-hybridized carbons (Fsp3) is 0.611. The first kappa shape index (κ1) is 21.4. The monoisotopic (exact) mass is 368 g/mol. The number of hydrogen-bond donors (Lipinski definition) is 3. The molecular weight excluding hydrogens is 336 g/mol. The smallest absolute Gasteiger partial charge is 0.213 e. The summed E-state index contributed by atoms with van der Waals surface area (Å²) in [6, 6.07) is 9.43. The predicted octanol–water partition coefficient (Wildman–Crippen LogP) is 2.37. The minimum absolute atomic E-state index is 0.0347. The van der Waals surface area contributed by atoms with Gasteiger partial charge in [0.05, 0.1) is 5.75 Å². The molecule has 0 heterocycles. The van der Waals surface area contributed by atoms with Crippen LogP contribution < -0.4 is 15.8 Å². The number of aliphatic imine (C=N–C) groups is 1. The van der Waals surface area contributed by atoms with E-state index in [-0.39, 0.29) is 12.3 Å². The van der Waals surface area contributed by atoms with Gasteiger partial charge in [0.15, 0.2) is 5.96 Å². The van der Waals surface area contributed by atoms with Crippen LogP contribution in [-0.4, -0.2) is 33.2 Å². The second kappa shape index (κ2) is 12.7. The third-order valence-electron chi connectivity index (χ3n) is 3.81. The standard InChI is InChI=1S/C18H32N4O2S/c1-2-3-4-5-6-10-13-20-18(19)21-14-15-25(23,24)22-16-17-11-8-7-9-12-17/h7-9,11-12,22H,2-6,10,13-16H2,1H3,(H3,19,20,21). The zero-order chi connectivity index (χ0) is 18.4. The largest absolute Gasteiger partial charge is 0.370 e. The lowest BCUT2D eigenvalue weighted by molar-refractivity contribution is 0.580. The molecule has 0 aliphatic heterocycles. The Labute approximate surface area is 152 Å². The lowest BCUT2D eigenvalue weighted by Gasteiger charge is -2.08. The number of nitrogens with zero attached hydrogens (tertiary/aromatic N) is 1. The maximum absolute atomic E-state index is 11.9. The summed E-state index contributed by atoms with van der Waals surface area (Å²) in [5.41, 5.74) is 6.68. The van der Waals surface area contributed by atoms with Gasteiger partial charge in [0.25, 0.3) is 0 Å². The summed E-state index contributed by atoms with van der Waals surface area (Å²) in [6.07, 6.45) is 7.24. The van der Waals surface area contributed by atoms with Crippen LogP contribution in [-0.2, 0) is 16.6 Å². The van der Waals surface area contributed by atoms with Crippen molar-refractivity contribution < 1.29 is 8.42 Å². The molecule has 0 saturated heterocycles. The summed E-state index contributed by atoms with van der Waals surface area (Å²) in [7, 11) is -3.34. The average molecular weight is 369 g/mol. The maximum atomic E-state index is 11.9. The van der Waals surface area contributed by atoms with E-state index in [0.29, 0.717) is 19.0 Å². The first-order valence-corrected chi connectivity index (χ1v) is 10.7. The molecule has 0 aromatic heterocycles. The van der Waals surface area contributed by atoms with E-state index in [9.17, 15) is 8.42 Å². The quantitative estimate of drug-likeness (QED) is 0.283. The average Bonchev–Trinajstić information content (AvgIpc) is 2.60. The van der Waals surface area contributed by atoms with E-state index >= 15 is 0 Å². The SMILES string of the molecule is CCCCCCCCN=C(N)NCCS(=O)(=O)NCc1ccccc1. The minimum atomic E-state index is -3.34. The van der Waals surface area contributed by atoms with Crippen molar-refractivity contribution >= 4 is 16.0 Å². The Bertz CT molecular complexity index is 588. The fourth-order valence-corrected chi connectivity index (χ4v) is 3.22. The molecule has 0 aliphatic rings. The number of benzene rings is 1. The predicted molar refractivity (Wildman–Crippen MR) is 105 cm³/mol. The van der Waals surface area contributed by atoms with Crippen molar-refractivity contribution in [1.29, 1.82) is 0 Å². The van der Waals surface area contributed by atoms with Crippen LogP contribution in [0.25, 0.3) is 0 Å². The van der Waals surface area contributed by atoms with Gasteiger partial charge in [0.1, 0.15) is 0 Å². The normalized spacial score (nSPS) is 12.3. The molecule has 6 nitrogen and oxygen atoms in total. The van der Waals surface area contributed by atoms with Crippen LogP contribution in [0.4, 0.5) is 0 Å². The van der Waals surface area contributed by atoms with E-state index in [1.807, 2.05) is 30.3 Å². The third-order valence-corrected chi connectivity index (χ3v) is 5.14. The Hall–Kier alpha value is -1.60. The highest BCUT2D eigenvalue weighted by Gasteiger charge is 2.09. The molecule has 0 saturated carbocycles. The van der Waals surface area contributed by atoms with Crippen molar-refractivity contribution in [2.45, 2.75) is 52.0 Å². The Morgan fingerprint density at radius 2 is 1.76 bits per heavy atom. The van der Waals surface area contributed by atoms with Crippen LogP contribution in [0.1, 0.15) is 51.0 Å². The summed E-state index contributed by atoms with van der Waals surface area (Å²) in [6.45, 7) is 3.43. The highest BCUT2D eigenvalue weighted by Crippen LogP contribution is 2.04. The molecule has 0 radical (unpaired) electrons. The summed E-state index contributed by atoms with van der Waals surface area (Å²) < 4.78 is 26.5. The number of nitrogens with two attached hydrogens (primary N) is 1. The van der Waals surface area contributed by atoms with Crippen molar-refractivity contribution in [1.82, 2.24) is 10.0 Å². The molecule has 0 atom stereocenters. The number of unbranched alkanes of at least 4 members (excludes halogenated alkanes) is 5. The molecule has 0 spiro atoms. The second-order valence-corrected chi connectivity index (χ2v) is 8.01. The van der Waals surface area contributed by atoms with Crippen molar-refractivity contribution in [3.05, 3.63) is 35.9 Å². The molecule has 7 heteroatoms.